The molecule has 8 heteroatoms. The number of aromatic nitrogens is 1. The Balaban J connectivity index is 2.16. The normalized spacial score (nSPS) is 13.5. The number of rotatable bonds is 4. The van der Waals surface area contributed by atoms with Crippen molar-refractivity contribution in [2.45, 2.75) is 12.8 Å². The molecule has 1 aromatic carbocycles. The molecular weight excluding hydrogens is 336 g/mol. The number of hydrogen-bond donors (Lipinski definition) is 2. The van der Waals surface area contributed by atoms with Gasteiger partial charge in [0.15, 0.2) is 5.69 Å². The van der Waals surface area contributed by atoms with Crippen molar-refractivity contribution in [1.29, 1.82) is 5.26 Å². The third kappa shape index (κ3) is 2.84. The molecule has 2 aromatic rings. The first-order valence-corrected chi connectivity index (χ1v) is 8.09. The number of carbonyl (C=O) groups is 2. The van der Waals surface area contributed by atoms with Crippen LogP contribution in [0.1, 0.15) is 39.3 Å². The van der Waals surface area contributed by atoms with Gasteiger partial charge >= 0.3 is 11.9 Å². The maximum atomic E-state index is 12.1. The molecule has 0 radical (unpaired) electrons. The number of nitrogens with zero attached hydrogens (tertiary/aromatic N) is 3. The van der Waals surface area contributed by atoms with E-state index in [1.165, 1.54) is 23.9 Å². The van der Waals surface area contributed by atoms with Gasteiger partial charge in [0.25, 0.3) is 0 Å². The average molecular weight is 354 g/mol. The molecule has 0 spiro atoms. The number of carbonyl (C=O) groups excluding carboxylic acids is 1. The first kappa shape index (κ1) is 17.4. The minimum absolute atomic E-state index is 0.000144. The molecule has 0 unspecified atom stereocenters. The zero-order valence-corrected chi connectivity index (χ0v) is 14.2. The van der Waals surface area contributed by atoms with Gasteiger partial charge in [0.05, 0.1) is 29.6 Å². The van der Waals surface area contributed by atoms with Crippen LogP contribution in [0.25, 0.3) is 5.69 Å². The number of nitrogens with two attached hydrogens (primary N) is 1. The van der Waals surface area contributed by atoms with Crippen molar-refractivity contribution in [2.75, 3.05) is 30.8 Å². The smallest absolute Gasteiger partial charge is 0.357 e. The minimum atomic E-state index is -1.06. The highest BCUT2D eigenvalue weighted by molar-refractivity contribution is 5.97. The second-order valence-electron chi connectivity index (χ2n) is 5.98. The summed E-state index contributed by atoms with van der Waals surface area (Å²) >= 11 is 0. The number of esters is 1. The summed E-state index contributed by atoms with van der Waals surface area (Å²) in [6, 6.07) is 6.81. The van der Waals surface area contributed by atoms with E-state index in [-0.39, 0.29) is 22.5 Å². The molecule has 0 atom stereocenters. The molecule has 0 aliphatic carbocycles. The maximum absolute atomic E-state index is 12.1. The summed E-state index contributed by atoms with van der Waals surface area (Å²) in [5.41, 5.74) is 7.18. The molecule has 1 aliphatic rings. The number of ether oxygens (including phenoxy) is 1. The monoisotopic (exact) mass is 354 g/mol. The Morgan fingerprint density at radius 3 is 2.58 bits per heavy atom. The number of anilines is 2. The van der Waals surface area contributed by atoms with E-state index in [0.717, 1.165) is 25.9 Å². The van der Waals surface area contributed by atoms with Crippen LogP contribution >= 0.6 is 0 Å². The number of nitriles is 1. The molecular formula is C18H18N4O4. The lowest BCUT2D eigenvalue weighted by atomic mass is 10.1. The number of hydrogen-bond acceptors (Lipinski definition) is 6. The number of nitrogen functional groups attached to an aromatic ring is 1. The number of carboxylic acid groups (broad SMARTS) is 1. The zero-order valence-electron chi connectivity index (χ0n) is 14.2. The lowest BCUT2D eigenvalue weighted by Gasteiger charge is -2.21. The van der Waals surface area contributed by atoms with Crippen LogP contribution in [-0.2, 0) is 4.74 Å². The molecule has 2 heterocycles. The van der Waals surface area contributed by atoms with E-state index in [2.05, 4.69) is 0 Å². The van der Waals surface area contributed by atoms with E-state index in [4.69, 9.17) is 10.5 Å². The fourth-order valence-corrected chi connectivity index (χ4v) is 3.20. The van der Waals surface area contributed by atoms with Gasteiger partial charge < -0.3 is 25.0 Å². The highest BCUT2D eigenvalue weighted by Crippen LogP contribution is 2.30. The molecule has 3 N–H and O–H groups in total. The summed E-state index contributed by atoms with van der Waals surface area (Å²) in [5.74, 6) is -1.77. The van der Waals surface area contributed by atoms with E-state index in [0.29, 0.717) is 11.4 Å². The number of methoxy groups -OCH3 is 1. The molecule has 3 rings (SSSR count). The zero-order chi connectivity index (χ0) is 18.8. The molecule has 0 bridgehead atoms. The predicted molar refractivity (Wildman–Crippen MR) is 94.6 cm³/mol. The van der Waals surface area contributed by atoms with Crippen LogP contribution in [0.4, 0.5) is 11.4 Å². The third-order valence-electron chi connectivity index (χ3n) is 4.48. The van der Waals surface area contributed by atoms with Gasteiger partial charge in [-0.15, -0.1) is 0 Å². The lowest BCUT2D eigenvalue weighted by Crippen LogP contribution is -2.21. The number of aromatic carboxylic acids is 1. The van der Waals surface area contributed by atoms with Gasteiger partial charge in [0.2, 0.25) is 0 Å². The van der Waals surface area contributed by atoms with Gasteiger partial charge in [0.1, 0.15) is 6.07 Å². The van der Waals surface area contributed by atoms with Crippen molar-refractivity contribution < 1.29 is 19.4 Å². The van der Waals surface area contributed by atoms with Crippen LogP contribution in [0.5, 0.6) is 0 Å². The highest BCUT2D eigenvalue weighted by Gasteiger charge is 2.24. The van der Waals surface area contributed by atoms with E-state index in [1.807, 2.05) is 11.0 Å². The Bertz CT molecular complexity index is 920. The van der Waals surface area contributed by atoms with Crippen LogP contribution in [0.3, 0.4) is 0 Å². The van der Waals surface area contributed by atoms with E-state index < -0.39 is 11.9 Å². The summed E-state index contributed by atoms with van der Waals surface area (Å²) in [4.78, 5) is 25.9. The van der Waals surface area contributed by atoms with Crippen molar-refractivity contribution >= 4 is 23.3 Å². The Hall–Kier alpha value is -3.47. The first-order chi connectivity index (χ1) is 12.5. The molecule has 0 saturated carbocycles. The Morgan fingerprint density at radius 1 is 1.31 bits per heavy atom. The largest absolute Gasteiger partial charge is 0.478 e. The summed E-state index contributed by atoms with van der Waals surface area (Å²) in [7, 11) is 1.21. The van der Waals surface area contributed by atoms with Gasteiger partial charge in [-0.2, -0.15) is 5.26 Å². The SMILES string of the molecule is COC(=O)c1c(N)c(C#N)cn1-c1ccc(N2CCCC2)c(C(=O)O)c1. The molecule has 1 aromatic heterocycles. The fourth-order valence-electron chi connectivity index (χ4n) is 3.20. The van der Waals surface area contributed by atoms with Crippen LogP contribution in [0.2, 0.25) is 0 Å². The molecule has 1 fully saturated rings. The summed E-state index contributed by atoms with van der Waals surface area (Å²) in [5, 5.41) is 18.8. The van der Waals surface area contributed by atoms with Crippen molar-refractivity contribution in [3.05, 3.63) is 41.2 Å². The maximum Gasteiger partial charge on any atom is 0.357 e. The third-order valence-corrected chi connectivity index (χ3v) is 4.48. The predicted octanol–water partition coefficient (Wildman–Crippen LogP) is 2.02. The van der Waals surface area contributed by atoms with Crippen LogP contribution in [0.15, 0.2) is 24.4 Å². The molecule has 134 valence electrons. The van der Waals surface area contributed by atoms with Crippen LogP contribution in [-0.4, -0.2) is 41.8 Å². The average Bonchev–Trinajstić information content (AvgIpc) is 3.28. The lowest BCUT2D eigenvalue weighted by molar-refractivity contribution is 0.0592. The standard InChI is InChI=1S/C18H18N4O4/c1-26-18(25)16-15(20)11(9-19)10-22(16)12-4-5-14(13(8-12)17(23)24)21-6-2-3-7-21/h4-5,8,10H,2-3,6-7,20H2,1H3,(H,23,24). The van der Waals surface area contributed by atoms with Crippen molar-refractivity contribution in [2.24, 2.45) is 0 Å². The van der Waals surface area contributed by atoms with Gasteiger partial charge in [0, 0.05) is 25.0 Å². The molecule has 1 saturated heterocycles. The Kier molecular flexibility index (Phi) is 4.54. The fraction of sp³-hybridized carbons (Fsp3) is 0.278. The van der Waals surface area contributed by atoms with Crippen LogP contribution in [0, 0.1) is 11.3 Å². The molecule has 0 amide bonds. The van der Waals surface area contributed by atoms with E-state index >= 15 is 0 Å². The quantitative estimate of drug-likeness (QED) is 0.805. The first-order valence-electron chi connectivity index (χ1n) is 8.09. The molecule has 26 heavy (non-hydrogen) atoms. The highest BCUT2D eigenvalue weighted by atomic mass is 16.5. The van der Waals surface area contributed by atoms with Crippen molar-refractivity contribution in [3.8, 4) is 11.8 Å². The van der Waals surface area contributed by atoms with Gasteiger partial charge in [-0.25, -0.2) is 9.59 Å². The topological polar surface area (TPSA) is 122 Å². The molecule has 8 nitrogen and oxygen atoms in total. The molecule has 1 aliphatic heterocycles. The van der Waals surface area contributed by atoms with Crippen molar-refractivity contribution in [3.63, 3.8) is 0 Å². The van der Waals surface area contributed by atoms with Gasteiger partial charge in [-0.1, -0.05) is 0 Å². The van der Waals surface area contributed by atoms with E-state index in [9.17, 15) is 20.0 Å². The number of carboxylic acids is 1. The second kappa shape index (κ2) is 6.80. The van der Waals surface area contributed by atoms with Crippen molar-refractivity contribution in [1.82, 2.24) is 4.57 Å². The van der Waals surface area contributed by atoms with E-state index in [1.54, 1.807) is 12.1 Å². The summed E-state index contributed by atoms with van der Waals surface area (Å²) in [6.45, 7) is 1.62. The number of benzene rings is 1. The summed E-state index contributed by atoms with van der Waals surface area (Å²) < 4.78 is 6.13. The minimum Gasteiger partial charge on any atom is -0.478 e. The Morgan fingerprint density at radius 2 is 2.00 bits per heavy atom. The Labute approximate surface area is 150 Å². The second-order valence-corrected chi connectivity index (χ2v) is 5.98. The van der Waals surface area contributed by atoms with Gasteiger partial charge in [-0.3, -0.25) is 0 Å². The summed E-state index contributed by atoms with van der Waals surface area (Å²) in [6.07, 6.45) is 3.44. The van der Waals surface area contributed by atoms with Gasteiger partial charge in [-0.05, 0) is 31.0 Å². The van der Waals surface area contributed by atoms with Crippen LogP contribution < -0.4 is 10.6 Å².